The molecule has 0 aliphatic carbocycles. The number of nitrogens with one attached hydrogen (secondary N) is 1. The van der Waals surface area contributed by atoms with E-state index in [0.717, 1.165) is 35.7 Å². The Kier molecular flexibility index (Phi) is 6.29. The number of nitrogens with zero attached hydrogens (tertiary/aromatic N) is 5. The second kappa shape index (κ2) is 9.21. The van der Waals surface area contributed by atoms with Gasteiger partial charge in [0.05, 0.1) is 24.4 Å². The molecule has 180 valence electrons. The number of pyridine rings is 1. The summed E-state index contributed by atoms with van der Waals surface area (Å²) in [6.45, 7) is -0.847. The highest BCUT2D eigenvalue weighted by molar-refractivity contribution is 5.55. The smallest absolute Gasteiger partial charge is 0.323 e. The van der Waals surface area contributed by atoms with E-state index >= 15 is 8.78 Å². The van der Waals surface area contributed by atoms with Crippen molar-refractivity contribution in [2.45, 2.75) is 11.5 Å². The van der Waals surface area contributed by atoms with E-state index in [0.29, 0.717) is 17.4 Å². The van der Waals surface area contributed by atoms with Gasteiger partial charge in [0, 0.05) is 18.7 Å². The maximum absolute atomic E-state index is 15.8. The van der Waals surface area contributed by atoms with E-state index < -0.39 is 41.0 Å². The molecule has 2 N–H and O–H groups in total. The topological polar surface area (TPSA) is 97.0 Å². The highest BCUT2D eigenvalue weighted by Gasteiger charge is 2.58. The number of hydrogen-bond acceptors (Lipinski definition) is 8. The van der Waals surface area contributed by atoms with Crippen molar-refractivity contribution in [2.75, 3.05) is 13.6 Å². The summed E-state index contributed by atoms with van der Waals surface area (Å²) in [5.74, 6) is -6.02. The van der Waals surface area contributed by atoms with Crippen molar-refractivity contribution in [1.29, 1.82) is 5.26 Å². The molecule has 1 aliphatic rings. The lowest BCUT2D eigenvalue weighted by Crippen LogP contribution is -2.55. The van der Waals surface area contributed by atoms with E-state index in [4.69, 9.17) is 10.00 Å². The Balaban J connectivity index is 1.68. The molecular weight excluding hydrogens is 468 g/mol. The number of nitriles is 1. The highest BCUT2D eigenvalue weighted by atomic mass is 19.3. The SMILES string of the molecule is CN1NN=CN1CC(O)(c1ccc(F)cc1F)C(F)(F)c1ccc(Oc2ccc(C#N)cc2)cn1. The summed E-state index contributed by atoms with van der Waals surface area (Å²) in [5.41, 5.74) is -1.99. The van der Waals surface area contributed by atoms with Crippen LogP contribution in [-0.2, 0) is 11.5 Å². The molecule has 0 saturated heterocycles. The van der Waals surface area contributed by atoms with Crippen LogP contribution < -0.4 is 10.3 Å². The van der Waals surface area contributed by atoms with E-state index in [1.807, 2.05) is 6.07 Å². The number of rotatable bonds is 7. The van der Waals surface area contributed by atoms with Gasteiger partial charge in [-0.2, -0.15) is 19.1 Å². The van der Waals surface area contributed by atoms with Gasteiger partial charge >= 0.3 is 5.92 Å². The van der Waals surface area contributed by atoms with Crippen LogP contribution in [0.15, 0.2) is 65.9 Å². The molecule has 0 radical (unpaired) electrons. The van der Waals surface area contributed by atoms with Gasteiger partial charge < -0.3 is 9.84 Å². The van der Waals surface area contributed by atoms with Gasteiger partial charge in [-0.25, -0.2) is 14.3 Å². The lowest BCUT2D eigenvalue weighted by Gasteiger charge is -2.39. The molecule has 0 fully saturated rings. The van der Waals surface area contributed by atoms with Gasteiger partial charge in [-0.05, 0) is 48.5 Å². The first-order valence-corrected chi connectivity index (χ1v) is 10.1. The Hall–Kier alpha value is -4.21. The molecule has 2 heterocycles. The molecule has 2 aromatic carbocycles. The maximum atomic E-state index is 15.8. The van der Waals surface area contributed by atoms with Crippen molar-refractivity contribution in [3.8, 4) is 17.6 Å². The third-order valence-electron chi connectivity index (χ3n) is 5.34. The van der Waals surface area contributed by atoms with Crippen LogP contribution in [0, 0.1) is 23.0 Å². The molecule has 1 atom stereocenters. The number of alkyl halides is 2. The Morgan fingerprint density at radius 3 is 2.37 bits per heavy atom. The average molecular weight is 486 g/mol. The summed E-state index contributed by atoms with van der Waals surface area (Å²) in [6.07, 6.45) is 2.15. The van der Waals surface area contributed by atoms with Gasteiger partial charge in [-0.15, -0.1) is 5.12 Å². The zero-order valence-corrected chi connectivity index (χ0v) is 18.2. The minimum atomic E-state index is -4.14. The van der Waals surface area contributed by atoms with Crippen LogP contribution in [0.2, 0.25) is 0 Å². The fourth-order valence-electron chi connectivity index (χ4n) is 3.44. The van der Waals surface area contributed by atoms with Crippen LogP contribution in [0.1, 0.15) is 16.8 Å². The molecule has 12 heteroatoms. The first-order valence-electron chi connectivity index (χ1n) is 10.1. The zero-order valence-electron chi connectivity index (χ0n) is 18.2. The van der Waals surface area contributed by atoms with E-state index in [1.54, 1.807) is 0 Å². The van der Waals surface area contributed by atoms with Crippen LogP contribution in [0.25, 0.3) is 0 Å². The standard InChI is InChI=1S/C23H18F4N6O2/c1-32-31-30-14-33(32)13-22(34,19-8-4-16(24)10-20(19)25)23(26,27)21-9-7-18(12-29-21)35-17-5-2-15(11-28)3-6-17/h2-10,12,14,31,34H,13H2,1H3. The van der Waals surface area contributed by atoms with Crippen LogP contribution in [0.4, 0.5) is 17.6 Å². The number of halogens is 4. The molecule has 1 unspecified atom stereocenters. The van der Waals surface area contributed by atoms with E-state index in [9.17, 15) is 13.9 Å². The van der Waals surface area contributed by atoms with Gasteiger partial charge in [0.25, 0.3) is 0 Å². The van der Waals surface area contributed by atoms with Gasteiger partial charge in [-0.3, -0.25) is 9.99 Å². The Morgan fingerprint density at radius 2 is 1.80 bits per heavy atom. The van der Waals surface area contributed by atoms with Gasteiger partial charge in [0.15, 0.2) is 5.60 Å². The summed E-state index contributed by atoms with van der Waals surface area (Å²) in [6, 6.07) is 12.2. The Labute approximate surface area is 197 Å². The molecule has 0 saturated carbocycles. The van der Waals surface area contributed by atoms with Gasteiger partial charge in [0.1, 0.15) is 35.2 Å². The molecule has 8 nitrogen and oxygen atoms in total. The van der Waals surface area contributed by atoms with Gasteiger partial charge in [-0.1, -0.05) is 0 Å². The van der Waals surface area contributed by atoms with Crippen LogP contribution in [0.5, 0.6) is 11.5 Å². The van der Waals surface area contributed by atoms with Gasteiger partial charge in [0.2, 0.25) is 0 Å². The summed E-state index contributed by atoms with van der Waals surface area (Å²) < 4.78 is 65.4. The van der Waals surface area contributed by atoms with Crippen molar-refractivity contribution >= 4 is 6.34 Å². The van der Waals surface area contributed by atoms with E-state index in [2.05, 4.69) is 15.6 Å². The number of hydrogen-bond donors (Lipinski definition) is 2. The summed E-state index contributed by atoms with van der Waals surface area (Å²) in [4.78, 5) is 3.75. The second-order valence-corrected chi connectivity index (χ2v) is 7.64. The van der Waals surface area contributed by atoms with E-state index in [1.165, 1.54) is 42.5 Å². The normalized spacial score (nSPS) is 15.4. The number of benzene rings is 2. The van der Waals surface area contributed by atoms with E-state index in [-0.39, 0.29) is 5.75 Å². The lowest BCUT2D eigenvalue weighted by molar-refractivity contribution is -0.214. The minimum Gasteiger partial charge on any atom is -0.456 e. The van der Waals surface area contributed by atoms with Crippen molar-refractivity contribution in [3.63, 3.8) is 0 Å². The molecule has 1 aromatic heterocycles. The molecular formula is C23H18F4N6O2. The van der Waals surface area contributed by atoms with Crippen molar-refractivity contribution in [1.82, 2.24) is 20.6 Å². The molecule has 35 heavy (non-hydrogen) atoms. The van der Waals surface area contributed by atoms with Crippen LogP contribution >= 0.6 is 0 Å². The van der Waals surface area contributed by atoms with Crippen molar-refractivity contribution in [3.05, 3.63) is 89.2 Å². The number of ether oxygens (including phenoxy) is 1. The second-order valence-electron chi connectivity index (χ2n) is 7.64. The Bertz CT molecular complexity index is 1280. The lowest BCUT2D eigenvalue weighted by atomic mass is 9.84. The zero-order chi connectivity index (χ0) is 25.2. The quantitative estimate of drug-likeness (QED) is 0.493. The van der Waals surface area contributed by atoms with Crippen LogP contribution in [-0.4, -0.2) is 40.1 Å². The number of β-amino-alcohol motifs (C(OH)–C–C–N with tert-alkyl or cyclic N) is 1. The van der Waals surface area contributed by atoms with Crippen molar-refractivity contribution < 1.29 is 27.4 Å². The number of hydrazine groups is 2. The monoisotopic (exact) mass is 486 g/mol. The molecule has 4 rings (SSSR count). The number of aliphatic hydroxyl groups is 1. The maximum Gasteiger partial charge on any atom is 0.323 e. The fourth-order valence-corrected chi connectivity index (χ4v) is 3.44. The minimum absolute atomic E-state index is 0.112. The van der Waals surface area contributed by atoms with Crippen LogP contribution in [0.3, 0.4) is 0 Å². The molecule has 1 aliphatic heterocycles. The predicted molar refractivity (Wildman–Crippen MR) is 116 cm³/mol. The summed E-state index contributed by atoms with van der Waals surface area (Å²) >= 11 is 0. The molecule has 0 amide bonds. The summed E-state index contributed by atoms with van der Waals surface area (Å²) in [5, 5.41) is 26.1. The predicted octanol–water partition coefficient (Wildman–Crippen LogP) is 3.61. The Morgan fingerprint density at radius 1 is 1.09 bits per heavy atom. The fraction of sp³-hybridized carbons (Fsp3) is 0.174. The van der Waals surface area contributed by atoms with Crippen molar-refractivity contribution in [2.24, 2.45) is 5.10 Å². The first-order chi connectivity index (χ1) is 16.6. The average Bonchev–Trinajstić information content (AvgIpc) is 3.23. The number of hydrazone groups is 1. The first kappa shape index (κ1) is 23.9. The highest BCUT2D eigenvalue weighted by Crippen LogP contribution is 2.46. The molecule has 0 spiro atoms. The molecule has 0 bridgehead atoms. The largest absolute Gasteiger partial charge is 0.456 e. The third kappa shape index (κ3) is 4.59. The molecule has 3 aromatic rings. The summed E-state index contributed by atoms with van der Waals surface area (Å²) in [7, 11) is 1.44. The third-order valence-corrected chi connectivity index (χ3v) is 5.34. The number of aromatic nitrogens is 1.